The molecule has 0 saturated carbocycles. The van der Waals surface area contributed by atoms with Crippen LogP contribution in [0.1, 0.15) is 18.5 Å². The summed E-state index contributed by atoms with van der Waals surface area (Å²) in [6.07, 6.45) is -1.82. The topological polar surface area (TPSA) is 52.3 Å². The lowest BCUT2D eigenvalue weighted by Crippen LogP contribution is -2.31. The van der Waals surface area contributed by atoms with Crippen molar-refractivity contribution in [1.82, 2.24) is 0 Å². The molecule has 1 aromatic rings. The number of carbonyl (C=O) groups is 1. The van der Waals surface area contributed by atoms with Gasteiger partial charge >= 0.3 is 5.97 Å². The summed E-state index contributed by atoms with van der Waals surface area (Å²) in [4.78, 5) is 11.1. The van der Waals surface area contributed by atoms with E-state index in [0.29, 0.717) is 5.56 Å². The van der Waals surface area contributed by atoms with Crippen LogP contribution >= 0.6 is 22.6 Å². The third kappa shape index (κ3) is 3.41. The highest BCUT2D eigenvalue weighted by Gasteiger charge is 2.27. The summed E-state index contributed by atoms with van der Waals surface area (Å²) in [6.45, 7) is 1.78. The number of hydrogen-bond acceptors (Lipinski definition) is 3. The molecule has 0 aliphatic carbocycles. The summed E-state index contributed by atoms with van der Waals surface area (Å²) >= 11 is 2.14. The Morgan fingerprint density at radius 1 is 1.50 bits per heavy atom. The van der Waals surface area contributed by atoms with Crippen LogP contribution in [0, 0.1) is 3.57 Å². The molecule has 3 nitrogen and oxygen atoms in total. The van der Waals surface area contributed by atoms with Gasteiger partial charge in [0.25, 0.3) is 0 Å². The van der Waals surface area contributed by atoms with E-state index in [0.717, 1.165) is 3.57 Å². The van der Waals surface area contributed by atoms with Crippen molar-refractivity contribution in [3.05, 3.63) is 33.4 Å². The van der Waals surface area contributed by atoms with E-state index >= 15 is 0 Å². The zero-order chi connectivity index (χ0) is 12.1. The number of benzene rings is 1. The number of rotatable bonds is 4. The molecule has 0 radical (unpaired) electrons. The van der Waals surface area contributed by atoms with Gasteiger partial charge in [0.05, 0.1) is 12.6 Å². The van der Waals surface area contributed by atoms with Crippen molar-refractivity contribution in [2.24, 2.45) is 5.73 Å². The maximum Gasteiger partial charge on any atom is 0.342 e. The van der Waals surface area contributed by atoms with Crippen molar-refractivity contribution in [3.8, 4) is 0 Å². The van der Waals surface area contributed by atoms with Gasteiger partial charge in [-0.25, -0.2) is 9.18 Å². The fourth-order valence-corrected chi connectivity index (χ4v) is 1.58. The quantitative estimate of drug-likeness (QED) is 0.677. The van der Waals surface area contributed by atoms with Crippen molar-refractivity contribution in [3.63, 3.8) is 0 Å². The van der Waals surface area contributed by atoms with Gasteiger partial charge in [-0.15, -0.1) is 0 Å². The second-order valence-corrected chi connectivity index (χ2v) is 4.48. The highest BCUT2D eigenvalue weighted by Crippen LogP contribution is 2.19. The minimum Gasteiger partial charge on any atom is -0.464 e. The first-order chi connectivity index (χ1) is 7.56. The minimum atomic E-state index is -1.82. The molecule has 0 aliphatic rings. The molecule has 0 bridgehead atoms. The van der Waals surface area contributed by atoms with Gasteiger partial charge in [-0.05, 0) is 47.2 Å². The van der Waals surface area contributed by atoms with Crippen LogP contribution < -0.4 is 5.73 Å². The molecule has 2 atom stereocenters. The molecule has 1 aromatic carbocycles. The molecule has 88 valence electrons. The molecule has 0 saturated heterocycles. The molecule has 1 rings (SSSR count). The van der Waals surface area contributed by atoms with Crippen molar-refractivity contribution in [2.45, 2.75) is 19.1 Å². The number of halogens is 2. The second-order valence-electron chi connectivity index (χ2n) is 3.23. The summed E-state index contributed by atoms with van der Waals surface area (Å²) in [7, 11) is 0. The first-order valence-corrected chi connectivity index (χ1v) is 5.96. The van der Waals surface area contributed by atoms with E-state index < -0.39 is 18.2 Å². The van der Waals surface area contributed by atoms with Crippen molar-refractivity contribution in [2.75, 3.05) is 6.61 Å². The van der Waals surface area contributed by atoms with Crippen LogP contribution in [0.2, 0.25) is 0 Å². The lowest BCUT2D eigenvalue weighted by molar-refractivity contribution is -0.149. The summed E-state index contributed by atoms with van der Waals surface area (Å²) in [5.74, 6) is -0.909. The van der Waals surface area contributed by atoms with Crippen molar-refractivity contribution < 1.29 is 13.9 Å². The smallest absolute Gasteiger partial charge is 0.342 e. The molecule has 0 amide bonds. The maximum atomic E-state index is 13.6. The monoisotopic (exact) mass is 337 g/mol. The Labute approximate surface area is 107 Å². The van der Waals surface area contributed by atoms with Gasteiger partial charge in [-0.3, -0.25) is 0 Å². The Morgan fingerprint density at radius 3 is 2.56 bits per heavy atom. The van der Waals surface area contributed by atoms with E-state index in [1.54, 1.807) is 19.1 Å². The number of ether oxygens (including phenoxy) is 1. The van der Waals surface area contributed by atoms with Crippen LogP contribution in [-0.4, -0.2) is 18.7 Å². The van der Waals surface area contributed by atoms with Gasteiger partial charge in [-0.1, -0.05) is 12.1 Å². The minimum absolute atomic E-state index is 0.151. The second kappa shape index (κ2) is 6.15. The van der Waals surface area contributed by atoms with Crippen LogP contribution in [0.3, 0.4) is 0 Å². The van der Waals surface area contributed by atoms with Crippen LogP contribution in [-0.2, 0) is 9.53 Å². The average Bonchev–Trinajstić information content (AvgIpc) is 2.28. The lowest BCUT2D eigenvalue weighted by atomic mass is 10.0. The third-order valence-electron chi connectivity index (χ3n) is 2.08. The molecular formula is C11H13FINO2. The molecule has 16 heavy (non-hydrogen) atoms. The number of carbonyl (C=O) groups excluding carboxylic acids is 1. The van der Waals surface area contributed by atoms with Crippen molar-refractivity contribution in [1.29, 1.82) is 0 Å². The van der Waals surface area contributed by atoms with Gasteiger partial charge < -0.3 is 10.5 Å². The predicted octanol–water partition coefficient (Wildman–Crippen LogP) is 2.19. The van der Waals surface area contributed by atoms with Gasteiger partial charge in [0.15, 0.2) is 0 Å². The largest absolute Gasteiger partial charge is 0.464 e. The Kier molecular flexibility index (Phi) is 5.14. The van der Waals surface area contributed by atoms with Crippen LogP contribution in [0.4, 0.5) is 4.39 Å². The number of esters is 1. The lowest BCUT2D eigenvalue weighted by Gasteiger charge is -2.15. The van der Waals surface area contributed by atoms with Gasteiger partial charge in [0, 0.05) is 3.57 Å². The standard InChI is InChI=1S/C11H13FINO2/c1-2-16-11(15)9(12)10(14)7-3-5-8(13)6-4-7/h3-6,9-10H,2,14H2,1H3/t9?,10-/m0/s1. The summed E-state index contributed by atoms with van der Waals surface area (Å²) in [5.41, 5.74) is 6.23. The van der Waals surface area contributed by atoms with E-state index in [1.807, 2.05) is 12.1 Å². The molecular weight excluding hydrogens is 324 g/mol. The molecule has 0 fully saturated rings. The number of nitrogens with two attached hydrogens (primary N) is 1. The molecule has 5 heteroatoms. The summed E-state index contributed by atoms with van der Waals surface area (Å²) in [5, 5.41) is 0. The zero-order valence-electron chi connectivity index (χ0n) is 8.82. The van der Waals surface area contributed by atoms with E-state index in [4.69, 9.17) is 5.73 Å². The van der Waals surface area contributed by atoms with E-state index in [1.165, 1.54) is 0 Å². The normalized spacial score (nSPS) is 14.2. The molecule has 0 heterocycles. The van der Waals surface area contributed by atoms with E-state index in [-0.39, 0.29) is 6.61 Å². The third-order valence-corrected chi connectivity index (χ3v) is 2.80. The number of alkyl halides is 1. The van der Waals surface area contributed by atoms with Gasteiger partial charge in [0.2, 0.25) is 6.17 Å². The van der Waals surface area contributed by atoms with Gasteiger partial charge in [0.1, 0.15) is 0 Å². The van der Waals surface area contributed by atoms with E-state index in [2.05, 4.69) is 27.3 Å². The molecule has 0 aromatic heterocycles. The molecule has 1 unspecified atom stereocenters. The van der Waals surface area contributed by atoms with Crippen LogP contribution in [0.15, 0.2) is 24.3 Å². The first-order valence-electron chi connectivity index (χ1n) is 4.88. The fraction of sp³-hybridized carbons (Fsp3) is 0.364. The van der Waals surface area contributed by atoms with Crippen molar-refractivity contribution >= 4 is 28.6 Å². The Morgan fingerprint density at radius 2 is 2.06 bits per heavy atom. The Balaban J connectivity index is 2.73. The highest BCUT2D eigenvalue weighted by molar-refractivity contribution is 14.1. The Hall–Kier alpha value is -0.690. The fourth-order valence-electron chi connectivity index (χ4n) is 1.22. The number of hydrogen-bond donors (Lipinski definition) is 1. The maximum absolute atomic E-state index is 13.6. The Bertz CT molecular complexity index is 356. The summed E-state index contributed by atoms with van der Waals surface area (Å²) < 4.78 is 19.2. The van der Waals surface area contributed by atoms with Crippen LogP contribution in [0.25, 0.3) is 0 Å². The molecule has 0 spiro atoms. The molecule has 0 aliphatic heterocycles. The zero-order valence-corrected chi connectivity index (χ0v) is 11.0. The SMILES string of the molecule is CCOC(=O)C(F)[C@@H](N)c1ccc(I)cc1. The highest BCUT2D eigenvalue weighted by atomic mass is 127. The first kappa shape index (κ1) is 13.4. The summed E-state index contributed by atoms with van der Waals surface area (Å²) in [6, 6.07) is 6.06. The van der Waals surface area contributed by atoms with E-state index in [9.17, 15) is 9.18 Å². The van der Waals surface area contributed by atoms with Gasteiger partial charge in [-0.2, -0.15) is 0 Å². The predicted molar refractivity (Wildman–Crippen MR) is 67.6 cm³/mol. The average molecular weight is 337 g/mol. The van der Waals surface area contributed by atoms with Crippen LogP contribution in [0.5, 0.6) is 0 Å². The molecule has 2 N–H and O–H groups in total.